The first-order valence-corrected chi connectivity index (χ1v) is 6.57. The van der Waals surface area contributed by atoms with Crippen molar-refractivity contribution in [1.29, 1.82) is 0 Å². The second kappa shape index (κ2) is 4.30. The van der Waals surface area contributed by atoms with E-state index in [0.717, 1.165) is 23.3 Å². The van der Waals surface area contributed by atoms with Gasteiger partial charge in [0.1, 0.15) is 5.75 Å². The summed E-state index contributed by atoms with van der Waals surface area (Å²) in [5.41, 5.74) is 7.33. The van der Waals surface area contributed by atoms with Crippen LogP contribution in [0.4, 0.5) is 0 Å². The minimum absolute atomic E-state index is 0.0549. The predicted octanol–water partition coefficient (Wildman–Crippen LogP) is 2.53. The lowest BCUT2D eigenvalue weighted by atomic mass is 10.0. The van der Waals surface area contributed by atoms with Crippen LogP contribution in [0, 0.1) is 17.8 Å². The molecular weight excluding hydrogens is 212 g/mol. The van der Waals surface area contributed by atoms with Crippen LogP contribution in [0.15, 0.2) is 18.3 Å². The van der Waals surface area contributed by atoms with Gasteiger partial charge in [-0.3, -0.25) is 4.98 Å². The molecule has 1 aromatic rings. The second-order valence-electron chi connectivity index (χ2n) is 5.31. The van der Waals surface area contributed by atoms with E-state index in [4.69, 9.17) is 10.5 Å². The van der Waals surface area contributed by atoms with Crippen LogP contribution in [0.3, 0.4) is 0 Å². The Morgan fingerprint density at radius 1 is 1.35 bits per heavy atom. The first-order chi connectivity index (χ1) is 8.33. The molecule has 0 saturated heterocycles. The van der Waals surface area contributed by atoms with E-state index in [9.17, 15) is 0 Å². The predicted molar refractivity (Wildman–Crippen MR) is 66.7 cm³/mol. The SMILES string of the molecule is COc1cccnc1C(N)C1C2CCCCC21. The molecule has 3 heteroatoms. The van der Waals surface area contributed by atoms with Crippen LogP contribution in [0.25, 0.3) is 0 Å². The Morgan fingerprint density at radius 2 is 2.06 bits per heavy atom. The maximum absolute atomic E-state index is 6.39. The third-order valence-electron chi connectivity index (χ3n) is 4.47. The summed E-state index contributed by atoms with van der Waals surface area (Å²) in [5, 5.41) is 0. The Bertz CT molecular complexity index is 395. The van der Waals surface area contributed by atoms with Gasteiger partial charge in [-0.15, -0.1) is 0 Å². The molecule has 1 aromatic heterocycles. The van der Waals surface area contributed by atoms with Gasteiger partial charge in [0.2, 0.25) is 0 Å². The van der Waals surface area contributed by atoms with E-state index in [-0.39, 0.29) is 6.04 Å². The van der Waals surface area contributed by atoms with Crippen LogP contribution in [-0.4, -0.2) is 12.1 Å². The van der Waals surface area contributed by atoms with E-state index in [0.29, 0.717) is 5.92 Å². The maximum atomic E-state index is 6.39. The number of hydrogen-bond donors (Lipinski definition) is 1. The van der Waals surface area contributed by atoms with Crippen molar-refractivity contribution in [3.63, 3.8) is 0 Å². The van der Waals surface area contributed by atoms with Gasteiger partial charge in [0.15, 0.2) is 0 Å². The summed E-state index contributed by atoms with van der Waals surface area (Å²) in [6, 6.07) is 3.91. The highest BCUT2D eigenvalue weighted by molar-refractivity contribution is 5.31. The summed E-state index contributed by atoms with van der Waals surface area (Å²) in [6.07, 6.45) is 7.29. The van der Waals surface area contributed by atoms with E-state index in [2.05, 4.69) is 4.98 Å². The van der Waals surface area contributed by atoms with Crippen LogP contribution < -0.4 is 10.5 Å². The number of rotatable bonds is 3. The van der Waals surface area contributed by atoms with Crippen molar-refractivity contribution in [2.24, 2.45) is 23.5 Å². The number of nitrogens with two attached hydrogens (primary N) is 1. The molecule has 2 aliphatic carbocycles. The summed E-state index contributed by atoms with van der Waals surface area (Å²) in [7, 11) is 1.69. The Morgan fingerprint density at radius 3 is 2.71 bits per heavy atom. The number of ether oxygens (including phenoxy) is 1. The fourth-order valence-corrected chi connectivity index (χ4v) is 3.59. The Kier molecular flexibility index (Phi) is 2.79. The molecule has 17 heavy (non-hydrogen) atoms. The number of hydrogen-bond acceptors (Lipinski definition) is 3. The maximum Gasteiger partial charge on any atom is 0.141 e. The first kappa shape index (κ1) is 11.0. The zero-order chi connectivity index (χ0) is 11.8. The minimum atomic E-state index is 0.0549. The lowest BCUT2D eigenvalue weighted by Crippen LogP contribution is -2.17. The lowest BCUT2D eigenvalue weighted by molar-refractivity contribution is 0.395. The molecule has 3 nitrogen and oxygen atoms in total. The highest BCUT2D eigenvalue weighted by atomic mass is 16.5. The van der Waals surface area contributed by atoms with Gasteiger partial charge < -0.3 is 10.5 Å². The average Bonchev–Trinajstić information content (AvgIpc) is 3.12. The standard InChI is InChI=1S/C14H20N2O/c1-17-11-7-4-8-16-14(11)13(15)12-9-5-2-3-6-10(9)12/h4,7-10,12-13H,2-3,5-6,15H2,1H3. The zero-order valence-electron chi connectivity index (χ0n) is 10.3. The molecule has 2 saturated carbocycles. The van der Waals surface area contributed by atoms with Crippen molar-refractivity contribution in [1.82, 2.24) is 4.98 Å². The van der Waals surface area contributed by atoms with Crippen LogP contribution in [0.5, 0.6) is 5.75 Å². The molecule has 0 radical (unpaired) electrons. The Balaban J connectivity index is 1.80. The molecule has 2 fully saturated rings. The molecule has 0 spiro atoms. The molecular formula is C14H20N2O. The van der Waals surface area contributed by atoms with E-state index in [1.165, 1.54) is 25.7 Å². The van der Waals surface area contributed by atoms with Crippen molar-refractivity contribution in [2.75, 3.05) is 7.11 Å². The molecule has 0 amide bonds. The fourth-order valence-electron chi connectivity index (χ4n) is 3.59. The zero-order valence-corrected chi connectivity index (χ0v) is 10.3. The molecule has 0 aromatic carbocycles. The van der Waals surface area contributed by atoms with Gasteiger partial charge in [-0.2, -0.15) is 0 Å². The molecule has 2 N–H and O–H groups in total. The average molecular weight is 232 g/mol. The third kappa shape index (κ3) is 1.82. The van der Waals surface area contributed by atoms with Crippen molar-refractivity contribution < 1.29 is 4.74 Å². The van der Waals surface area contributed by atoms with Gasteiger partial charge >= 0.3 is 0 Å². The Hall–Kier alpha value is -1.09. The van der Waals surface area contributed by atoms with Crippen molar-refractivity contribution in [3.8, 4) is 5.75 Å². The van der Waals surface area contributed by atoms with Crippen LogP contribution in [0.2, 0.25) is 0 Å². The molecule has 0 bridgehead atoms. The van der Waals surface area contributed by atoms with Crippen molar-refractivity contribution in [2.45, 2.75) is 31.7 Å². The van der Waals surface area contributed by atoms with E-state index < -0.39 is 0 Å². The number of aromatic nitrogens is 1. The van der Waals surface area contributed by atoms with Crippen LogP contribution in [-0.2, 0) is 0 Å². The van der Waals surface area contributed by atoms with Gasteiger partial charge in [-0.1, -0.05) is 12.8 Å². The number of pyridine rings is 1. The normalized spacial score (nSPS) is 32.7. The molecule has 3 unspecified atom stereocenters. The van der Waals surface area contributed by atoms with Crippen molar-refractivity contribution in [3.05, 3.63) is 24.0 Å². The topological polar surface area (TPSA) is 48.1 Å². The Labute approximate surface area is 102 Å². The smallest absolute Gasteiger partial charge is 0.141 e. The summed E-state index contributed by atoms with van der Waals surface area (Å²) in [4.78, 5) is 4.42. The largest absolute Gasteiger partial charge is 0.495 e. The highest BCUT2D eigenvalue weighted by Crippen LogP contribution is 2.60. The van der Waals surface area contributed by atoms with Gasteiger partial charge in [-0.05, 0) is 42.7 Å². The number of nitrogens with zero attached hydrogens (tertiary/aromatic N) is 1. The molecule has 3 rings (SSSR count). The number of methoxy groups -OCH3 is 1. The number of fused-ring (bicyclic) bond motifs is 1. The fraction of sp³-hybridized carbons (Fsp3) is 0.643. The van der Waals surface area contributed by atoms with Gasteiger partial charge in [0, 0.05) is 6.20 Å². The minimum Gasteiger partial charge on any atom is -0.495 e. The van der Waals surface area contributed by atoms with Crippen LogP contribution >= 0.6 is 0 Å². The van der Waals surface area contributed by atoms with Gasteiger partial charge in [0.05, 0.1) is 18.8 Å². The third-order valence-corrected chi connectivity index (χ3v) is 4.47. The monoisotopic (exact) mass is 232 g/mol. The lowest BCUT2D eigenvalue weighted by Gasteiger charge is -2.14. The molecule has 0 aliphatic heterocycles. The van der Waals surface area contributed by atoms with Crippen LogP contribution in [0.1, 0.15) is 37.4 Å². The molecule has 1 heterocycles. The summed E-state index contributed by atoms with van der Waals surface area (Å²) in [6.45, 7) is 0. The van der Waals surface area contributed by atoms with Crippen molar-refractivity contribution >= 4 is 0 Å². The molecule has 2 aliphatic rings. The quantitative estimate of drug-likeness (QED) is 0.871. The van der Waals surface area contributed by atoms with E-state index >= 15 is 0 Å². The van der Waals surface area contributed by atoms with Gasteiger partial charge in [-0.25, -0.2) is 0 Å². The summed E-state index contributed by atoms with van der Waals surface area (Å²) in [5.74, 6) is 3.18. The second-order valence-corrected chi connectivity index (χ2v) is 5.31. The first-order valence-electron chi connectivity index (χ1n) is 6.57. The summed E-state index contributed by atoms with van der Waals surface area (Å²) >= 11 is 0. The van der Waals surface area contributed by atoms with E-state index in [1.807, 2.05) is 18.3 Å². The highest BCUT2D eigenvalue weighted by Gasteiger charge is 2.54. The molecule has 3 atom stereocenters. The summed E-state index contributed by atoms with van der Waals surface area (Å²) < 4.78 is 5.36. The van der Waals surface area contributed by atoms with E-state index in [1.54, 1.807) is 7.11 Å². The molecule has 92 valence electrons. The van der Waals surface area contributed by atoms with Gasteiger partial charge in [0.25, 0.3) is 0 Å².